The van der Waals surface area contributed by atoms with Crippen molar-refractivity contribution in [2.75, 3.05) is 13.1 Å². The lowest BCUT2D eigenvalue weighted by Gasteiger charge is -2.24. The van der Waals surface area contributed by atoms with Crippen molar-refractivity contribution >= 4 is 27.6 Å². The number of hydrogen-bond acceptors (Lipinski definition) is 4. The second kappa shape index (κ2) is 5.58. The Morgan fingerprint density at radius 2 is 2.24 bits per heavy atom. The standard InChI is InChI=1S/C12H18ClN3O4S/c1-3-4-12(11(17)18)5-6-16(8-12)21(19,20)10-9(13)7-14-15(10)2/h7H,3-6,8H2,1-2H3,(H,17,18). The topological polar surface area (TPSA) is 92.5 Å². The van der Waals surface area contributed by atoms with Crippen LogP contribution in [-0.4, -0.2) is 46.7 Å². The van der Waals surface area contributed by atoms with E-state index in [1.807, 2.05) is 6.92 Å². The Balaban J connectivity index is 2.35. The largest absolute Gasteiger partial charge is 0.481 e. The van der Waals surface area contributed by atoms with Crippen LogP contribution in [0, 0.1) is 5.41 Å². The minimum Gasteiger partial charge on any atom is -0.481 e. The first kappa shape index (κ1) is 16.3. The molecule has 0 saturated carbocycles. The fourth-order valence-corrected chi connectivity index (χ4v) is 4.95. The zero-order valence-corrected chi connectivity index (χ0v) is 13.5. The Hall–Kier alpha value is -1.12. The number of halogens is 1. The smallest absolute Gasteiger partial charge is 0.311 e. The van der Waals surface area contributed by atoms with Crippen LogP contribution in [0.4, 0.5) is 0 Å². The molecule has 1 aromatic rings. The van der Waals surface area contributed by atoms with Gasteiger partial charge in [-0.3, -0.25) is 9.48 Å². The van der Waals surface area contributed by atoms with Crippen LogP contribution in [0.25, 0.3) is 0 Å². The van der Waals surface area contributed by atoms with E-state index < -0.39 is 21.4 Å². The Morgan fingerprint density at radius 1 is 1.57 bits per heavy atom. The van der Waals surface area contributed by atoms with Crippen LogP contribution in [-0.2, 0) is 21.9 Å². The molecule has 1 atom stereocenters. The highest BCUT2D eigenvalue weighted by atomic mass is 35.5. The Bertz CT molecular complexity index is 638. The minimum atomic E-state index is -3.84. The number of carbonyl (C=O) groups is 1. The summed E-state index contributed by atoms with van der Waals surface area (Å²) >= 11 is 5.90. The van der Waals surface area contributed by atoms with Crippen molar-refractivity contribution in [1.29, 1.82) is 0 Å². The molecule has 0 amide bonds. The molecule has 2 heterocycles. The molecule has 2 rings (SSSR count). The minimum absolute atomic E-state index is 0.0278. The number of hydrogen-bond donors (Lipinski definition) is 1. The van der Waals surface area contributed by atoms with Crippen LogP contribution in [0.3, 0.4) is 0 Å². The van der Waals surface area contributed by atoms with E-state index in [0.717, 1.165) is 0 Å². The third-order valence-electron chi connectivity index (χ3n) is 3.93. The Labute approximate surface area is 128 Å². The predicted octanol–water partition coefficient (Wildman–Crippen LogP) is 1.34. The summed E-state index contributed by atoms with van der Waals surface area (Å²) in [6.07, 6.45) is 2.71. The van der Waals surface area contributed by atoms with Crippen molar-refractivity contribution < 1.29 is 18.3 Å². The second-order valence-corrected chi connectivity index (χ2v) is 7.61. The van der Waals surface area contributed by atoms with Gasteiger partial charge in [-0.1, -0.05) is 24.9 Å². The molecule has 1 aliphatic heterocycles. The zero-order valence-electron chi connectivity index (χ0n) is 11.9. The Kier molecular flexibility index (Phi) is 4.32. The van der Waals surface area contributed by atoms with Gasteiger partial charge in [0.1, 0.15) is 0 Å². The van der Waals surface area contributed by atoms with Gasteiger partial charge in [0, 0.05) is 20.1 Å². The van der Waals surface area contributed by atoms with E-state index >= 15 is 0 Å². The average Bonchev–Trinajstić information content (AvgIpc) is 2.96. The molecule has 1 unspecified atom stereocenters. The zero-order chi connectivity index (χ0) is 15.8. The molecular formula is C12H18ClN3O4S. The van der Waals surface area contributed by atoms with E-state index in [4.69, 9.17) is 11.6 Å². The molecule has 0 aromatic carbocycles. The number of rotatable bonds is 5. The van der Waals surface area contributed by atoms with Gasteiger partial charge in [-0.05, 0) is 12.8 Å². The number of aromatic nitrogens is 2. The summed E-state index contributed by atoms with van der Waals surface area (Å²) in [7, 11) is -2.35. The SMILES string of the molecule is CCCC1(C(=O)O)CCN(S(=O)(=O)c2c(Cl)cnn2C)C1. The third-order valence-corrected chi connectivity index (χ3v) is 6.28. The molecule has 1 saturated heterocycles. The van der Waals surface area contributed by atoms with Gasteiger partial charge in [0.15, 0.2) is 5.03 Å². The van der Waals surface area contributed by atoms with Gasteiger partial charge in [0.25, 0.3) is 10.0 Å². The average molecular weight is 336 g/mol. The van der Waals surface area contributed by atoms with Gasteiger partial charge in [0.2, 0.25) is 0 Å². The quantitative estimate of drug-likeness (QED) is 0.876. The molecule has 0 radical (unpaired) electrons. The molecule has 21 heavy (non-hydrogen) atoms. The number of carboxylic acid groups (broad SMARTS) is 1. The lowest BCUT2D eigenvalue weighted by Crippen LogP contribution is -2.37. The molecule has 0 spiro atoms. The van der Waals surface area contributed by atoms with Gasteiger partial charge in [0.05, 0.1) is 16.6 Å². The van der Waals surface area contributed by atoms with Crippen LogP contribution in [0.1, 0.15) is 26.2 Å². The number of nitrogens with zero attached hydrogens (tertiary/aromatic N) is 3. The van der Waals surface area contributed by atoms with Gasteiger partial charge in [-0.2, -0.15) is 9.40 Å². The van der Waals surface area contributed by atoms with Gasteiger partial charge < -0.3 is 5.11 Å². The number of sulfonamides is 1. The first-order valence-corrected chi connectivity index (χ1v) is 8.47. The molecular weight excluding hydrogens is 318 g/mol. The van der Waals surface area contributed by atoms with E-state index in [1.165, 1.54) is 22.2 Å². The summed E-state index contributed by atoms with van der Waals surface area (Å²) in [5, 5.41) is 13.2. The normalized spacial score (nSPS) is 23.6. The molecule has 7 nitrogen and oxygen atoms in total. The summed E-state index contributed by atoms with van der Waals surface area (Å²) in [5.74, 6) is -0.946. The lowest BCUT2D eigenvalue weighted by atomic mass is 9.83. The highest BCUT2D eigenvalue weighted by Gasteiger charge is 2.48. The highest BCUT2D eigenvalue weighted by molar-refractivity contribution is 7.89. The molecule has 9 heteroatoms. The van der Waals surface area contributed by atoms with E-state index in [0.29, 0.717) is 19.3 Å². The molecule has 1 aromatic heterocycles. The van der Waals surface area contributed by atoms with E-state index in [2.05, 4.69) is 5.10 Å². The highest BCUT2D eigenvalue weighted by Crippen LogP contribution is 2.38. The summed E-state index contributed by atoms with van der Waals surface area (Å²) < 4.78 is 27.7. The summed E-state index contributed by atoms with van der Waals surface area (Å²) in [6.45, 7) is 2.04. The maximum Gasteiger partial charge on any atom is 0.311 e. The molecule has 1 N–H and O–H groups in total. The van der Waals surface area contributed by atoms with Crippen molar-refractivity contribution in [3.63, 3.8) is 0 Å². The van der Waals surface area contributed by atoms with Crippen molar-refractivity contribution in [2.45, 2.75) is 31.2 Å². The number of carboxylic acids is 1. The molecule has 0 aliphatic carbocycles. The van der Waals surface area contributed by atoms with E-state index in [9.17, 15) is 18.3 Å². The summed E-state index contributed by atoms with van der Waals surface area (Å²) in [6, 6.07) is 0. The third kappa shape index (κ3) is 2.67. The number of aryl methyl sites for hydroxylation is 1. The molecule has 1 aliphatic rings. The van der Waals surface area contributed by atoms with Crippen LogP contribution in [0.2, 0.25) is 5.02 Å². The first-order chi connectivity index (χ1) is 9.74. The van der Waals surface area contributed by atoms with E-state index in [-0.39, 0.29) is 23.1 Å². The van der Waals surface area contributed by atoms with Crippen LogP contribution >= 0.6 is 11.6 Å². The monoisotopic (exact) mass is 335 g/mol. The molecule has 118 valence electrons. The lowest BCUT2D eigenvalue weighted by molar-refractivity contribution is -0.148. The van der Waals surface area contributed by atoms with Gasteiger partial charge in [-0.15, -0.1) is 0 Å². The van der Waals surface area contributed by atoms with Gasteiger partial charge in [-0.25, -0.2) is 8.42 Å². The molecule has 0 bridgehead atoms. The van der Waals surface area contributed by atoms with E-state index in [1.54, 1.807) is 0 Å². The summed E-state index contributed by atoms with van der Waals surface area (Å²) in [4.78, 5) is 11.5. The van der Waals surface area contributed by atoms with Gasteiger partial charge >= 0.3 is 5.97 Å². The van der Waals surface area contributed by atoms with Crippen LogP contribution < -0.4 is 0 Å². The molecule has 1 fully saturated rings. The van der Waals surface area contributed by atoms with Crippen molar-refractivity contribution in [1.82, 2.24) is 14.1 Å². The van der Waals surface area contributed by atoms with Crippen molar-refractivity contribution in [3.05, 3.63) is 11.2 Å². The maximum atomic E-state index is 12.6. The predicted molar refractivity (Wildman–Crippen MR) is 76.6 cm³/mol. The number of aliphatic carboxylic acids is 1. The fourth-order valence-electron chi connectivity index (χ4n) is 2.82. The second-order valence-electron chi connectivity index (χ2n) is 5.35. The fraction of sp³-hybridized carbons (Fsp3) is 0.667. The maximum absolute atomic E-state index is 12.6. The van der Waals surface area contributed by atoms with Crippen LogP contribution in [0.15, 0.2) is 11.2 Å². The van der Waals surface area contributed by atoms with Crippen molar-refractivity contribution in [3.8, 4) is 0 Å². The Morgan fingerprint density at radius 3 is 2.71 bits per heavy atom. The van der Waals surface area contributed by atoms with Crippen molar-refractivity contribution in [2.24, 2.45) is 12.5 Å². The van der Waals surface area contributed by atoms with Crippen LogP contribution in [0.5, 0.6) is 0 Å². The first-order valence-electron chi connectivity index (χ1n) is 6.65. The summed E-state index contributed by atoms with van der Waals surface area (Å²) in [5.41, 5.74) is -1.01.